The third kappa shape index (κ3) is 3.24. The molecule has 0 bridgehead atoms. The van der Waals surface area contributed by atoms with E-state index in [9.17, 15) is 0 Å². The molecule has 0 saturated carbocycles. The summed E-state index contributed by atoms with van der Waals surface area (Å²) >= 11 is 0. The molecule has 3 heteroatoms. The average Bonchev–Trinajstić information content (AvgIpc) is 2.38. The van der Waals surface area contributed by atoms with E-state index in [-0.39, 0.29) is 0 Å². The number of nitrogens with zero attached hydrogens (tertiary/aromatic N) is 1. The number of hydrogen-bond acceptors (Lipinski definition) is 3. The maximum absolute atomic E-state index is 5.29. The van der Waals surface area contributed by atoms with E-state index in [1.165, 1.54) is 17.5 Å². The van der Waals surface area contributed by atoms with Gasteiger partial charge in [0.15, 0.2) is 0 Å². The van der Waals surface area contributed by atoms with E-state index in [1.807, 2.05) is 0 Å². The summed E-state index contributed by atoms with van der Waals surface area (Å²) in [4.78, 5) is 2.47. The first-order valence-electron chi connectivity index (χ1n) is 6.75. The van der Waals surface area contributed by atoms with E-state index in [0.717, 1.165) is 31.8 Å². The second kappa shape index (κ2) is 6.21. The van der Waals surface area contributed by atoms with Gasteiger partial charge in [0.05, 0.1) is 7.11 Å². The fraction of sp³-hybridized carbons (Fsp3) is 0.600. The second-order valence-corrected chi connectivity index (χ2v) is 5.18. The molecule has 0 aromatic heterocycles. The number of methoxy groups -OCH3 is 1. The summed E-state index contributed by atoms with van der Waals surface area (Å²) in [7, 11) is 3.95. The summed E-state index contributed by atoms with van der Waals surface area (Å²) in [6, 6.07) is 7.17. The Morgan fingerprint density at radius 1 is 1.44 bits per heavy atom. The molecule has 1 heterocycles. The number of benzene rings is 1. The molecular weight excluding hydrogens is 224 g/mol. The lowest BCUT2D eigenvalue weighted by atomic mass is 10.0. The fourth-order valence-electron chi connectivity index (χ4n) is 2.61. The van der Waals surface area contributed by atoms with Crippen LogP contribution in [0.1, 0.15) is 17.5 Å². The monoisotopic (exact) mass is 248 g/mol. The van der Waals surface area contributed by atoms with Crippen LogP contribution in [0.25, 0.3) is 0 Å². The van der Waals surface area contributed by atoms with E-state index in [0.29, 0.717) is 6.04 Å². The highest BCUT2D eigenvalue weighted by Gasteiger charge is 2.17. The van der Waals surface area contributed by atoms with Crippen molar-refractivity contribution in [3.05, 3.63) is 29.3 Å². The van der Waals surface area contributed by atoms with Crippen molar-refractivity contribution in [2.45, 2.75) is 25.8 Å². The molecule has 100 valence electrons. The summed E-state index contributed by atoms with van der Waals surface area (Å²) in [6.45, 7) is 5.50. The predicted molar refractivity (Wildman–Crippen MR) is 75.3 cm³/mol. The second-order valence-electron chi connectivity index (χ2n) is 5.18. The van der Waals surface area contributed by atoms with Gasteiger partial charge in [0, 0.05) is 25.7 Å². The summed E-state index contributed by atoms with van der Waals surface area (Å²) in [5.41, 5.74) is 2.64. The SMILES string of the molecule is COc1ccc(CCC2CNCCN2C)cc1C. The lowest BCUT2D eigenvalue weighted by molar-refractivity contribution is 0.191. The molecule has 0 amide bonds. The van der Waals surface area contributed by atoms with Crippen LogP contribution < -0.4 is 10.1 Å². The third-order valence-electron chi connectivity index (χ3n) is 3.87. The Hall–Kier alpha value is -1.06. The smallest absolute Gasteiger partial charge is 0.121 e. The quantitative estimate of drug-likeness (QED) is 0.880. The molecule has 2 rings (SSSR count). The predicted octanol–water partition coefficient (Wildman–Crippen LogP) is 1.84. The van der Waals surface area contributed by atoms with Crippen LogP contribution in [-0.4, -0.2) is 44.7 Å². The molecular formula is C15H24N2O. The van der Waals surface area contributed by atoms with Gasteiger partial charge in [-0.1, -0.05) is 12.1 Å². The van der Waals surface area contributed by atoms with Gasteiger partial charge in [-0.05, 0) is 44.0 Å². The topological polar surface area (TPSA) is 24.5 Å². The standard InChI is InChI=1S/C15H24N2O/c1-12-10-13(5-7-15(12)18-3)4-6-14-11-16-8-9-17(14)2/h5,7,10,14,16H,4,6,8-9,11H2,1-3H3. The number of hydrogen-bond donors (Lipinski definition) is 1. The molecule has 1 aliphatic heterocycles. The molecule has 1 aliphatic rings. The summed E-state index contributed by atoms with van der Waals surface area (Å²) in [5.74, 6) is 0.982. The van der Waals surface area contributed by atoms with Gasteiger partial charge in [0.25, 0.3) is 0 Å². The first kappa shape index (κ1) is 13.4. The van der Waals surface area contributed by atoms with E-state index < -0.39 is 0 Å². The highest BCUT2D eigenvalue weighted by Crippen LogP contribution is 2.20. The van der Waals surface area contributed by atoms with Crippen molar-refractivity contribution in [2.75, 3.05) is 33.8 Å². The van der Waals surface area contributed by atoms with Gasteiger partial charge in [0.1, 0.15) is 5.75 Å². The molecule has 0 spiro atoms. The Labute approximate surface area is 110 Å². The van der Waals surface area contributed by atoms with Crippen LogP contribution in [0.15, 0.2) is 18.2 Å². The third-order valence-corrected chi connectivity index (χ3v) is 3.87. The normalized spacial score (nSPS) is 20.9. The molecule has 1 saturated heterocycles. The maximum Gasteiger partial charge on any atom is 0.121 e. The van der Waals surface area contributed by atoms with Gasteiger partial charge >= 0.3 is 0 Å². The van der Waals surface area contributed by atoms with Gasteiger partial charge in [-0.15, -0.1) is 0 Å². The zero-order chi connectivity index (χ0) is 13.0. The van der Waals surface area contributed by atoms with Crippen LogP contribution in [0.4, 0.5) is 0 Å². The Morgan fingerprint density at radius 3 is 2.94 bits per heavy atom. The van der Waals surface area contributed by atoms with Crippen molar-refractivity contribution in [1.29, 1.82) is 0 Å². The molecule has 1 aromatic rings. The Kier molecular flexibility index (Phi) is 4.61. The molecule has 1 aromatic carbocycles. The Balaban J connectivity index is 1.91. The number of aryl methyl sites for hydroxylation is 2. The minimum Gasteiger partial charge on any atom is -0.496 e. The maximum atomic E-state index is 5.29. The van der Waals surface area contributed by atoms with Crippen LogP contribution >= 0.6 is 0 Å². The molecule has 1 fully saturated rings. The lowest BCUT2D eigenvalue weighted by Crippen LogP contribution is -2.49. The van der Waals surface area contributed by atoms with Crippen molar-refractivity contribution < 1.29 is 4.74 Å². The van der Waals surface area contributed by atoms with Crippen molar-refractivity contribution >= 4 is 0 Å². The minimum absolute atomic E-state index is 0.668. The average molecular weight is 248 g/mol. The number of nitrogens with one attached hydrogen (secondary N) is 1. The van der Waals surface area contributed by atoms with Gasteiger partial charge in [-0.25, -0.2) is 0 Å². The first-order valence-corrected chi connectivity index (χ1v) is 6.75. The van der Waals surface area contributed by atoms with Crippen LogP contribution in [0, 0.1) is 6.92 Å². The molecule has 0 aliphatic carbocycles. The van der Waals surface area contributed by atoms with Crippen LogP contribution in [0.3, 0.4) is 0 Å². The van der Waals surface area contributed by atoms with E-state index in [1.54, 1.807) is 7.11 Å². The first-order chi connectivity index (χ1) is 8.70. The molecule has 0 radical (unpaired) electrons. The fourth-order valence-corrected chi connectivity index (χ4v) is 2.61. The molecule has 1 N–H and O–H groups in total. The van der Waals surface area contributed by atoms with Crippen LogP contribution in [0.5, 0.6) is 5.75 Å². The van der Waals surface area contributed by atoms with Crippen molar-refractivity contribution in [2.24, 2.45) is 0 Å². The Bertz CT molecular complexity index is 392. The van der Waals surface area contributed by atoms with Gasteiger partial charge in [-0.2, -0.15) is 0 Å². The molecule has 1 unspecified atom stereocenters. The highest BCUT2D eigenvalue weighted by molar-refractivity contribution is 5.36. The van der Waals surface area contributed by atoms with Crippen LogP contribution in [0.2, 0.25) is 0 Å². The largest absolute Gasteiger partial charge is 0.496 e. The number of ether oxygens (including phenoxy) is 1. The van der Waals surface area contributed by atoms with Gasteiger partial charge in [-0.3, -0.25) is 0 Å². The van der Waals surface area contributed by atoms with Crippen molar-refractivity contribution in [3.63, 3.8) is 0 Å². The van der Waals surface area contributed by atoms with E-state index >= 15 is 0 Å². The number of likely N-dealkylation sites (N-methyl/N-ethyl adjacent to an activating group) is 1. The van der Waals surface area contributed by atoms with Crippen LogP contribution in [-0.2, 0) is 6.42 Å². The highest BCUT2D eigenvalue weighted by atomic mass is 16.5. The molecule has 18 heavy (non-hydrogen) atoms. The van der Waals surface area contributed by atoms with Gasteiger partial charge < -0.3 is 15.0 Å². The van der Waals surface area contributed by atoms with Gasteiger partial charge in [0.2, 0.25) is 0 Å². The lowest BCUT2D eigenvalue weighted by Gasteiger charge is -2.33. The summed E-state index contributed by atoms with van der Waals surface area (Å²) < 4.78 is 5.29. The molecule has 3 nitrogen and oxygen atoms in total. The van der Waals surface area contributed by atoms with E-state index in [4.69, 9.17) is 4.74 Å². The zero-order valence-electron chi connectivity index (χ0n) is 11.7. The summed E-state index contributed by atoms with van der Waals surface area (Å²) in [5, 5.41) is 3.47. The minimum atomic E-state index is 0.668. The number of piperazine rings is 1. The van der Waals surface area contributed by atoms with Crippen molar-refractivity contribution in [1.82, 2.24) is 10.2 Å². The Morgan fingerprint density at radius 2 is 2.28 bits per heavy atom. The molecule has 1 atom stereocenters. The zero-order valence-corrected chi connectivity index (χ0v) is 11.7. The van der Waals surface area contributed by atoms with E-state index in [2.05, 4.69) is 42.4 Å². The van der Waals surface area contributed by atoms with Crippen molar-refractivity contribution in [3.8, 4) is 5.75 Å². The summed E-state index contributed by atoms with van der Waals surface area (Å²) in [6.07, 6.45) is 2.36. The number of rotatable bonds is 4.